The Bertz CT molecular complexity index is 854. The van der Waals surface area contributed by atoms with Gasteiger partial charge in [-0.1, -0.05) is 25.1 Å². The summed E-state index contributed by atoms with van der Waals surface area (Å²) in [6, 6.07) is 15.3. The van der Waals surface area contributed by atoms with Gasteiger partial charge in [0.05, 0.1) is 5.69 Å². The lowest BCUT2D eigenvalue weighted by Crippen LogP contribution is -2.32. The van der Waals surface area contributed by atoms with Crippen molar-refractivity contribution in [2.24, 2.45) is 0 Å². The van der Waals surface area contributed by atoms with Crippen LogP contribution in [0.5, 0.6) is 0 Å². The summed E-state index contributed by atoms with van der Waals surface area (Å²) >= 11 is 1.82. The van der Waals surface area contributed by atoms with Crippen molar-refractivity contribution in [2.45, 2.75) is 23.5 Å². The molecular formula is C20H21N3O2S. The minimum atomic E-state index is -0.111. The fourth-order valence-corrected chi connectivity index (χ4v) is 4.49. The van der Waals surface area contributed by atoms with Gasteiger partial charge in [0.15, 0.2) is 0 Å². The topological polar surface area (TPSA) is 52.7 Å². The number of carbonyl (C=O) groups is 2. The summed E-state index contributed by atoms with van der Waals surface area (Å²) in [5.41, 5.74) is 2.34. The molecule has 2 heterocycles. The molecule has 0 spiro atoms. The Morgan fingerprint density at radius 2 is 2.00 bits per heavy atom. The average Bonchev–Trinajstić information content (AvgIpc) is 3.01. The Labute approximate surface area is 157 Å². The number of benzene rings is 2. The molecule has 0 aliphatic carbocycles. The Morgan fingerprint density at radius 1 is 1.15 bits per heavy atom. The number of thioether (sulfide) groups is 1. The third-order valence-corrected chi connectivity index (χ3v) is 5.99. The summed E-state index contributed by atoms with van der Waals surface area (Å²) in [4.78, 5) is 29.9. The standard InChI is InChI=1S/C20H21N3O2S/c1-14-9-11-23(17-7-2-3-8-18(17)26-14)19(24)15-5-4-6-16(13-15)22-12-10-21-20(22)25/h2-8,13-14H,9-12H2,1H3,(H,21,25). The summed E-state index contributed by atoms with van der Waals surface area (Å²) in [7, 11) is 0. The number of nitrogens with zero attached hydrogens (tertiary/aromatic N) is 2. The van der Waals surface area contributed by atoms with E-state index in [9.17, 15) is 9.59 Å². The Hall–Kier alpha value is -2.47. The number of rotatable bonds is 2. The summed E-state index contributed by atoms with van der Waals surface area (Å²) in [5.74, 6) is -0.0198. The van der Waals surface area contributed by atoms with E-state index in [4.69, 9.17) is 0 Å². The maximum atomic E-state index is 13.3. The van der Waals surface area contributed by atoms with E-state index >= 15 is 0 Å². The van der Waals surface area contributed by atoms with Crippen LogP contribution in [0.15, 0.2) is 53.4 Å². The summed E-state index contributed by atoms with van der Waals surface area (Å²) in [6.07, 6.45) is 0.944. The van der Waals surface area contributed by atoms with Gasteiger partial charge >= 0.3 is 6.03 Å². The van der Waals surface area contributed by atoms with Crippen molar-refractivity contribution in [3.05, 3.63) is 54.1 Å². The molecule has 5 nitrogen and oxygen atoms in total. The van der Waals surface area contributed by atoms with E-state index in [1.54, 1.807) is 4.90 Å². The van der Waals surface area contributed by atoms with Gasteiger partial charge in [-0.05, 0) is 36.8 Å². The number of hydrogen-bond acceptors (Lipinski definition) is 3. The Kier molecular flexibility index (Phi) is 4.59. The van der Waals surface area contributed by atoms with Crippen LogP contribution in [0, 0.1) is 0 Å². The molecule has 134 valence electrons. The first-order valence-electron chi connectivity index (χ1n) is 8.86. The second-order valence-electron chi connectivity index (χ2n) is 6.58. The van der Waals surface area contributed by atoms with Gasteiger partial charge in [0.2, 0.25) is 0 Å². The number of carbonyl (C=O) groups excluding carboxylic acids is 2. The zero-order valence-electron chi connectivity index (χ0n) is 14.6. The van der Waals surface area contributed by atoms with Crippen molar-refractivity contribution in [1.29, 1.82) is 0 Å². The number of nitrogens with one attached hydrogen (secondary N) is 1. The van der Waals surface area contributed by atoms with Gasteiger partial charge in [-0.25, -0.2) is 4.79 Å². The fourth-order valence-electron chi connectivity index (χ4n) is 3.38. The van der Waals surface area contributed by atoms with Gasteiger partial charge in [0.25, 0.3) is 5.91 Å². The zero-order chi connectivity index (χ0) is 18.1. The summed E-state index contributed by atoms with van der Waals surface area (Å²) in [6.45, 7) is 4.14. The van der Waals surface area contributed by atoms with E-state index in [1.807, 2.05) is 59.1 Å². The molecule has 0 aromatic heterocycles. The number of hydrogen-bond donors (Lipinski definition) is 1. The van der Waals surface area contributed by atoms with Crippen LogP contribution in [-0.2, 0) is 0 Å². The minimum absolute atomic E-state index is 0.0198. The van der Waals surface area contributed by atoms with Crippen molar-refractivity contribution in [1.82, 2.24) is 5.32 Å². The molecule has 1 atom stereocenters. The number of amides is 3. The normalized spacial score (nSPS) is 19.7. The third-order valence-electron chi connectivity index (χ3n) is 4.75. The SMILES string of the molecule is CC1CCN(C(=O)c2cccc(N3CCNC3=O)c2)c2ccccc2S1. The molecule has 1 N–H and O–H groups in total. The van der Waals surface area contributed by atoms with Gasteiger partial charge in [0.1, 0.15) is 0 Å². The van der Waals surface area contributed by atoms with E-state index in [1.165, 1.54) is 0 Å². The largest absolute Gasteiger partial charge is 0.336 e. The van der Waals surface area contributed by atoms with Gasteiger partial charge in [-0.15, -0.1) is 11.8 Å². The van der Waals surface area contributed by atoms with E-state index in [0.717, 1.165) is 22.7 Å². The Balaban J connectivity index is 1.66. The molecule has 6 heteroatoms. The molecule has 2 aromatic rings. The zero-order valence-corrected chi connectivity index (χ0v) is 15.5. The molecule has 2 aromatic carbocycles. The third kappa shape index (κ3) is 3.17. The monoisotopic (exact) mass is 367 g/mol. The number of fused-ring (bicyclic) bond motifs is 1. The first-order valence-corrected chi connectivity index (χ1v) is 9.74. The maximum Gasteiger partial charge on any atom is 0.321 e. The first-order chi connectivity index (χ1) is 12.6. The van der Waals surface area contributed by atoms with Crippen molar-refractivity contribution in [3.63, 3.8) is 0 Å². The van der Waals surface area contributed by atoms with E-state index in [0.29, 0.717) is 30.4 Å². The van der Waals surface area contributed by atoms with Crippen LogP contribution in [-0.4, -0.2) is 36.8 Å². The number of urea groups is 1. The lowest BCUT2D eigenvalue weighted by molar-refractivity contribution is 0.0986. The molecule has 0 saturated carbocycles. The van der Waals surface area contributed by atoms with Crippen LogP contribution in [0.3, 0.4) is 0 Å². The van der Waals surface area contributed by atoms with Gasteiger partial charge < -0.3 is 10.2 Å². The predicted molar refractivity (Wildman–Crippen MR) is 105 cm³/mol. The van der Waals surface area contributed by atoms with Crippen LogP contribution in [0.25, 0.3) is 0 Å². The highest BCUT2D eigenvalue weighted by Crippen LogP contribution is 2.38. The average molecular weight is 367 g/mol. The molecule has 3 amide bonds. The predicted octanol–water partition coefficient (Wildman–Crippen LogP) is 3.75. The van der Waals surface area contributed by atoms with E-state index in [-0.39, 0.29) is 11.9 Å². The van der Waals surface area contributed by atoms with Crippen molar-refractivity contribution in [2.75, 3.05) is 29.4 Å². The van der Waals surface area contributed by atoms with Crippen LogP contribution in [0.2, 0.25) is 0 Å². The summed E-state index contributed by atoms with van der Waals surface area (Å²) < 4.78 is 0. The van der Waals surface area contributed by atoms with Crippen LogP contribution < -0.4 is 15.1 Å². The highest BCUT2D eigenvalue weighted by atomic mass is 32.2. The number of para-hydroxylation sites is 1. The van der Waals surface area contributed by atoms with Gasteiger partial charge in [-0.2, -0.15) is 0 Å². The highest BCUT2D eigenvalue weighted by molar-refractivity contribution is 8.00. The lowest BCUT2D eigenvalue weighted by Gasteiger charge is -2.23. The van der Waals surface area contributed by atoms with Crippen LogP contribution in [0.4, 0.5) is 16.2 Å². The second kappa shape index (κ2) is 7.03. The molecule has 2 aliphatic rings. The number of anilines is 2. The van der Waals surface area contributed by atoms with Crippen molar-refractivity contribution >= 4 is 35.1 Å². The van der Waals surface area contributed by atoms with E-state index < -0.39 is 0 Å². The molecular weight excluding hydrogens is 346 g/mol. The van der Waals surface area contributed by atoms with Crippen LogP contribution in [0.1, 0.15) is 23.7 Å². The first kappa shape index (κ1) is 17.0. The second-order valence-corrected chi connectivity index (χ2v) is 8.06. The Morgan fingerprint density at radius 3 is 2.81 bits per heavy atom. The molecule has 0 radical (unpaired) electrons. The molecule has 1 saturated heterocycles. The van der Waals surface area contributed by atoms with Crippen molar-refractivity contribution < 1.29 is 9.59 Å². The lowest BCUT2D eigenvalue weighted by atomic mass is 10.1. The fraction of sp³-hybridized carbons (Fsp3) is 0.300. The van der Waals surface area contributed by atoms with Gasteiger partial charge in [-0.3, -0.25) is 9.69 Å². The highest BCUT2D eigenvalue weighted by Gasteiger charge is 2.26. The molecule has 1 fully saturated rings. The molecule has 0 bridgehead atoms. The summed E-state index contributed by atoms with van der Waals surface area (Å²) in [5, 5.41) is 3.26. The molecule has 26 heavy (non-hydrogen) atoms. The quantitative estimate of drug-likeness (QED) is 0.880. The van der Waals surface area contributed by atoms with Crippen LogP contribution >= 0.6 is 11.8 Å². The molecule has 1 unspecified atom stereocenters. The minimum Gasteiger partial charge on any atom is -0.336 e. The molecule has 2 aliphatic heterocycles. The maximum absolute atomic E-state index is 13.3. The van der Waals surface area contributed by atoms with Crippen molar-refractivity contribution in [3.8, 4) is 0 Å². The smallest absolute Gasteiger partial charge is 0.321 e. The van der Waals surface area contributed by atoms with E-state index in [2.05, 4.69) is 18.3 Å². The molecule has 4 rings (SSSR count). The van der Waals surface area contributed by atoms with Gasteiger partial charge in [0, 0.05) is 41.0 Å².